The SMILES string of the molecule is C[C@@H](OC(=O)[C@@H](C)Oc1ccc(F)cc1)C(N)=O. The van der Waals surface area contributed by atoms with Gasteiger partial charge < -0.3 is 15.2 Å². The van der Waals surface area contributed by atoms with E-state index in [1.165, 1.54) is 38.1 Å². The van der Waals surface area contributed by atoms with Gasteiger partial charge in [-0.15, -0.1) is 0 Å². The van der Waals surface area contributed by atoms with Crippen molar-refractivity contribution in [3.8, 4) is 5.75 Å². The predicted molar refractivity (Wildman–Crippen MR) is 61.2 cm³/mol. The van der Waals surface area contributed by atoms with Crippen molar-refractivity contribution in [1.82, 2.24) is 0 Å². The Hall–Kier alpha value is -2.11. The molecule has 0 heterocycles. The van der Waals surface area contributed by atoms with E-state index < -0.39 is 29.9 Å². The standard InChI is InChI=1S/C12H14FNO4/c1-7(11(14)15)18-12(16)8(2)17-10-5-3-9(13)4-6-10/h3-8H,1-2H3,(H2,14,15)/t7-,8-/m1/s1. The number of nitrogens with two attached hydrogens (primary N) is 1. The summed E-state index contributed by atoms with van der Waals surface area (Å²) < 4.78 is 22.6. The largest absolute Gasteiger partial charge is 0.479 e. The Bertz CT molecular complexity index is 432. The predicted octanol–water partition coefficient (Wildman–Crippen LogP) is 1.01. The van der Waals surface area contributed by atoms with Gasteiger partial charge in [0.2, 0.25) is 0 Å². The molecule has 0 aliphatic heterocycles. The molecule has 6 heteroatoms. The first kappa shape index (κ1) is 14.0. The van der Waals surface area contributed by atoms with Crippen molar-refractivity contribution in [2.75, 3.05) is 0 Å². The van der Waals surface area contributed by atoms with E-state index in [0.29, 0.717) is 5.75 Å². The summed E-state index contributed by atoms with van der Waals surface area (Å²) in [6.07, 6.45) is -1.94. The molecule has 5 nitrogen and oxygen atoms in total. The molecule has 0 unspecified atom stereocenters. The van der Waals surface area contributed by atoms with Crippen LogP contribution in [0.4, 0.5) is 4.39 Å². The van der Waals surface area contributed by atoms with Gasteiger partial charge in [0.15, 0.2) is 12.2 Å². The summed E-state index contributed by atoms with van der Waals surface area (Å²) >= 11 is 0. The lowest BCUT2D eigenvalue weighted by Crippen LogP contribution is -2.35. The number of halogens is 1. The van der Waals surface area contributed by atoms with Crippen molar-refractivity contribution in [3.05, 3.63) is 30.1 Å². The zero-order valence-corrected chi connectivity index (χ0v) is 10.1. The fourth-order valence-corrected chi connectivity index (χ4v) is 1.09. The Morgan fingerprint density at radius 2 is 1.72 bits per heavy atom. The van der Waals surface area contributed by atoms with Gasteiger partial charge >= 0.3 is 5.97 Å². The molecule has 18 heavy (non-hydrogen) atoms. The number of primary amides is 1. The second-order valence-electron chi connectivity index (χ2n) is 3.70. The van der Waals surface area contributed by atoms with E-state index in [2.05, 4.69) is 0 Å². The van der Waals surface area contributed by atoms with Crippen molar-refractivity contribution >= 4 is 11.9 Å². The van der Waals surface area contributed by atoms with E-state index in [1.54, 1.807) is 0 Å². The van der Waals surface area contributed by atoms with Crippen LogP contribution in [0.3, 0.4) is 0 Å². The second-order valence-corrected chi connectivity index (χ2v) is 3.70. The highest BCUT2D eigenvalue weighted by Gasteiger charge is 2.21. The van der Waals surface area contributed by atoms with Crippen LogP contribution in [0.15, 0.2) is 24.3 Å². The fourth-order valence-electron chi connectivity index (χ4n) is 1.09. The summed E-state index contributed by atoms with van der Waals surface area (Å²) in [5.74, 6) is -1.53. The van der Waals surface area contributed by atoms with E-state index in [1.807, 2.05) is 0 Å². The fraction of sp³-hybridized carbons (Fsp3) is 0.333. The van der Waals surface area contributed by atoms with E-state index in [4.69, 9.17) is 15.2 Å². The zero-order chi connectivity index (χ0) is 13.7. The van der Waals surface area contributed by atoms with Crippen molar-refractivity contribution < 1.29 is 23.5 Å². The zero-order valence-electron chi connectivity index (χ0n) is 10.1. The monoisotopic (exact) mass is 255 g/mol. The minimum absolute atomic E-state index is 0.326. The Balaban J connectivity index is 2.54. The van der Waals surface area contributed by atoms with Gasteiger partial charge in [0.1, 0.15) is 11.6 Å². The Morgan fingerprint density at radius 3 is 2.22 bits per heavy atom. The minimum atomic E-state index is -1.02. The van der Waals surface area contributed by atoms with Crippen LogP contribution in [0.1, 0.15) is 13.8 Å². The molecule has 1 amide bonds. The van der Waals surface area contributed by atoms with Gasteiger partial charge in [0.25, 0.3) is 5.91 Å². The van der Waals surface area contributed by atoms with Crippen LogP contribution < -0.4 is 10.5 Å². The molecule has 0 aliphatic rings. The molecule has 0 spiro atoms. The number of esters is 1. The van der Waals surface area contributed by atoms with Crippen molar-refractivity contribution in [1.29, 1.82) is 0 Å². The molecule has 1 rings (SSSR count). The number of benzene rings is 1. The Kier molecular flexibility index (Phi) is 4.65. The summed E-state index contributed by atoms with van der Waals surface area (Å²) in [7, 11) is 0. The number of hydrogen-bond acceptors (Lipinski definition) is 4. The molecular weight excluding hydrogens is 241 g/mol. The summed E-state index contributed by atoms with van der Waals surface area (Å²) in [5, 5.41) is 0. The van der Waals surface area contributed by atoms with Crippen LogP contribution in [-0.2, 0) is 14.3 Å². The molecule has 0 bridgehead atoms. The van der Waals surface area contributed by atoms with Crippen LogP contribution in [0.25, 0.3) is 0 Å². The first-order chi connectivity index (χ1) is 8.40. The van der Waals surface area contributed by atoms with Gasteiger partial charge in [-0.25, -0.2) is 9.18 Å². The number of rotatable bonds is 5. The maximum atomic E-state index is 12.6. The topological polar surface area (TPSA) is 78.6 Å². The molecule has 98 valence electrons. The normalized spacial score (nSPS) is 13.5. The number of carbonyl (C=O) groups excluding carboxylic acids is 2. The van der Waals surface area contributed by atoms with E-state index in [-0.39, 0.29) is 0 Å². The first-order valence-corrected chi connectivity index (χ1v) is 5.32. The maximum absolute atomic E-state index is 12.6. The number of hydrogen-bond donors (Lipinski definition) is 1. The van der Waals surface area contributed by atoms with Gasteiger partial charge in [-0.2, -0.15) is 0 Å². The Morgan fingerprint density at radius 1 is 1.17 bits per heavy atom. The third kappa shape index (κ3) is 4.04. The van der Waals surface area contributed by atoms with Crippen LogP contribution in [0.5, 0.6) is 5.75 Å². The molecular formula is C12H14FNO4. The number of amides is 1. The number of ether oxygens (including phenoxy) is 2. The quantitative estimate of drug-likeness (QED) is 0.796. The van der Waals surface area contributed by atoms with Gasteiger partial charge in [0, 0.05) is 0 Å². The van der Waals surface area contributed by atoms with Crippen molar-refractivity contribution in [3.63, 3.8) is 0 Å². The third-order valence-corrected chi connectivity index (χ3v) is 2.15. The maximum Gasteiger partial charge on any atom is 0.347 e. The van der Waals surface area contributed by atoms with Crippen LogP contribution in [0.2, 0.25) is 0 Å². The smallest absolute Gasteiger partial charge is 0.347 e. The lowest BCUT2D eigenvalue weighted by Gasteiger charge is -2.16. The average Bonchev–Trinajstić information content (AvgIpc) is 2.31. The van der Waals surface area contributed by atoms with Crippen LogP contribution in [0, 0.1) is 5.82 Å². The van der Waals surface area contributed by atoms with Gasteiger partial charge in [-0.3, -0.25) is 4.79 Å². The first-order valence-electron chi connectivity index (χ1n) is 5.32. The Labute approximate surface area is 104 Å². The van der Waals surface area contributed by atoms with Crippen LogP contribution >= 0.6 is 0 Å². The van der Waals surface area contributed by atoms with E-state index in [0.717, 1.165) is 0 Å². The molecule has 0 fully saturated rings. The van der Waals surface area contributed by atoms with E-state index in [9.17, 15) is 14.0 Å². The molecule has 1 aromatic rings. The minimum Gasteiger partial charge on any atom is -0.479 e. The third-order valence-electron chi connectivity index (χ3n) is 2.15. The molecule has 2 atom stereocenters. The molecule has 0 saturated carbocycles. The van der Waals surface area contributed by atoms with Gasteiger partial charge in [-0.1, -0.05) is 0 Å². The van der Waals surface area contributed by atoms with Crippen molar-refractivity contribution in [2.24, 2.45) is 5.73 Å². The highest BCUT2D eigenvalue weighted by Crippen LogP contribution is 2.13. The van der Waals surface area contributed by atoms with Crippen LogP contribution in [-0.4, -0.2) is 24.1 Å². The summed E-state index contributed by atoms with van der Waals surface area (Å²) in [4.78, 5) is 22.2. The summed E-state index contributed by atoms with van der Waals surface area (Å²) in [6, 6.07) is 5.19. The molecule has 1 aromatic carbocycles. The average molecular weight is 255 g/mol. The summed E-state index contributed by atoms with van der Waals surface area (Å²) in [6.45, 7) is 2.82. The molecule has 0 aliphatic carbocycles. The van der Waals surface area contributed by atoms with Gasteiger partial charge in [-0.05, 0) is 38.1 Å². The van der Waals surface area contributed by atoms with Crippen molar-refractivity contribution in [2.45, 2.75) is 26.1 Å². The second kappa shape index (κ2) is 6.00. The lowest BCUT2D eigenvalue weighted by molar-refractivity contribution is -0.159. The highest BCUT2D eigenvalue weighted by molar-refractivity contribution is 5.83. The lowest BCUT2D eigenvalue weighted by atomic mass is 10.3. The molecule has 2 N–H and O–H groups in total. The summed E-state index contributed by atoms with van der Waals surface area (Å²) in [5.41, 5.74) is 4.95. The molecule has 0 radical (unpaired) electrons. The van der Waals surface area contributed by atoms with Gasteiger partial charge in [0.05, 0.1) is 0 Å². The molecule has 0 aromatic heterocycles. The number of carbonyl (C=O) groups is 2. The molecule has 0 saturated heterocycles. The van der Waals surface area contributed by atoms with E-state index >= 15 is 0 Å². The highest BCUT2D eigenvalue weighted by atomic mass is 19.1.